The summed E-state index contributed by atoms with van der Waals surface area (Å²) in [6.45, 7) is 3.82. The average molecular weight is 417 g/mol. The number of fused-ring (bicyclic) bond motifs is 1. The second-order valence-electron chi connectivity index (χ2n) is 8.05. The lowest BCUT2D eigenvalue weighted by Gasteiger charge is -2.15. The molecule has 7 nitrogen and oxygen atoms in total. The number of hydrogen-bond donors (Lipinski definition) is 1. The van der Waals surface area contributed by atoms with Gasteiger partial charge in [0.1, 0.15) is 16.6 Å². The van der Waals surface area contributed by atoms with E-state index >= 15 is 0 Å². The summed E-state index contributed by atoms with van der Waals surface area (Å²) in [7, 11) is -3.64. The molecule has 0 spiro atoms. The van der Waals surface area contributed by atoms with Crippen molar-refractivity contribution in [1.29, 1.82) is 5.26 Å². The predicted octanol–water partition coefficient (Wildman–Crippen LogP) is 3.52. The fourth-order valence-electron chi connectivity index (χ4n) is 3.56. The van der Waals surface area contributed by atoms with E-state index in [1.165, 1.54) is 12.3 Å². The van der Waals surface area contributed by atoms with E-state index in [0.29, 0.717) is 22.6 Å². The molecule has 2 aliphatic carbocycles. The first-order chi connectivity index (χ1) is 14.3. The van der Waals surface area contributed by atoms with Gasteiger partial charge >= 0.3 is 0 Å². The summed E-state index contributed by atoms with van der Waals surface area (Å²) in [6, 6.07) is 7.40. The molecule has 3 aromatic heterocycles. The number of aryl methyl sites for hydroxylation is 1. The Bertz CT molecular complexity index is 1400. The van der Waals surface area contributed by atoms with Crippen molar-refractivity contribution in [1.82, 2.24) is 19.3 Å². The molecule has 1 saturated carbocycles. The van der Waals surface area contributed by atoms with Crippen LogP contribution in [0.4, 0.5) is 0 Å². The first-order valence-corrected chi connectivity index (χ1v) is 11.1. The highest BCUT2D eigenvalue weighted by Crippen LogP contribution is 2.37. The van der Waals surface area contributed by atoms with Crippen LogP contribution in [0.25, 0.3) is 28.1 Å². The van der Waals surface area contributed by atoms with Crippen molar-refractivity contribution < 1.29 is 8.42 Å². The second kappa shape index (κ2) is 6.36. The van der Waals surface area contributed by atoms with Gasteiger partial charge in [-0.25, -0.2) is 18.1 Å². The van der Waals surface area contributed by atoms with E-state index in [-0.39, 0.29) is 10.4 Å². The first-order valence-electron chi connectivity index (χ1n) is 9.62. The van der Waals surface area contributed by atoms with Crippen LogP contribution in [-0.2, 0) is 10.0 Å². The summed E-state index contributed by atoms with van der Waals surface area (Å²) >= 11 is 0. The van der Waals surface area contributed by atoms with Crippen LogP contribution in [0.5, 0.6) is 0 Å². The molecule has 0 aliphatic heterocycles. The highest BCUT2D eigenvalue weighted by atomic mass is 32.2. The van der Waals surface area contributed by atoms with Gasteiger partial charge < -0.3 is 0 Å². The molecule has 3 heterocycles. The quantitative estimate of drug-likeness (QED) is 0.684. The third-order valence-corrected chi connectivity index (χ3v) is 7.14. The van der Waals surface area contributed by atoms with Gasteiger partial charge in [-0.1, -0.05) is 6.08 Å². The molecular formula is C22H19N5O2S. The third-order valence-electron chi connectivity index (χ3n) is 5.52. The number of sulfonamides is 1. The summed E-state index contributed by atoms with van der Waals surface area (Å²) in [4.78, 5) is 9.08. The molecule has 1 fully saturated rings. The maximum Gasteiger partial charge on any atom is 0.242 e. The largest absolute Gasteiger partial charge is 0.291 e. The van der Waals surface area contributed by atoms with Gasteiger partial charge in [0, 0.05) is 29.0 Å². The molecule has 0 unspecified atom stereocenters. The Morgan fingerprint density at radius 3 is 2.57 bits per heavy atom. The highest BCUT2D eigenvalue weighted by molar-refractivity contribution is 7.89. The van der Waals surface area contributed by atoms with E-state index in [1.807, 2.05) is 42.7 Å². The highest BCUT2D eigenvalue weighted by Gasteiger charge is 2.41. The van der Waals surface area contributed by atoms with E-state index in [2.05, 4.69) is 20.8 Å². The zero-order valence-electron chi connectivity index (χ0n) is 16.5. The molecule has 150 valence electrons. The Hall–Kier alpha value is -3.28. The molecule has 3 aromatic rings. The van der Waals surface area contributed by atoms with Crippen molar-refractivity contribution >= 4 is 26.8 Å². The molecule has 0 saturated heterocycles. The fraction of sp³-hybridized carbons (Fsp3) is 0.227. The minimum Gasteiger partial charge on any atom is -0.291 e. The summed E-state index contributed by atoms with van der Waals surface area (Å²) in [6.07, 6.45) is 10.6. The molecule has 0 radical (unpaired) electrons. The second-order valence-corrected chi connectivity index (χ2v) is 9.73. The van der Waals surface area contributed by atoms with Crippen LogP contribution in [0, 0.1) is 18.3 Å². The molecule has 2 aliphatic rings. The van der Waals surface area contributed by atoms with Crippen LogP contribution in [0.3, 0.4) is 0 Å². The monoisotopic (exact) mass is 417 g/mol. The van der Waals surface area contributed by atoms with Crippen LogP contribution in [0.15, 0.2) is 53.7 Å². The van der Waals surface area contributed by atoms with Gasteiger partial charge in [-0.3, -0.25) is 9.55 Å². The lowest BCUT2D eigenvalue weighted by molar-refractivity contribution is 0.557. The van der Waals surface area contributed by atoms with Gasteiger partial charge in [-0.05, 0) is 62.6 Å². The van der Waals surface area contributed by atoms with Crippen molar-refractivity contribution in [2.45, 2.75) is 37.1 Å². The zero-order valence-corrected chi connectivity index (χ0v) is 17.4. The zero-order chi connectivity index (χ0) is 21.1. The minimum absolute atomic E-state index is 0.109. The summed E-state index contributed by atoms with van der Waals surface area (Å²) in [5, 5.41) is 10.7. The van der Waals surface area contributed by atoms with Crippen LogP contribution in [0.1, 0.15) is 30.9 Å². The molecule has 5 rings (SSSR count). The number of rotatable bonds is 5. The van der Waals surface area contributed by atoms with Gasteiger partial charge in [0.25, 0.3) is 0 Å². The Morgan fingerprint density at radius 1 is 1.23 bits per heavy atom. The number of allylic oxidation sites excluding steroid dienone is 4. The van der Waals surface area contributed by atoms with Crippen LogP contribution >= 0.6 is 0 Å². The van der Waals surface area contributed by atoms with Crippen LogP contribution in [-0.4, -0.2) is 28.5 Å². The van der Waals surface area contributed by atoms with Crippen molar-refractivity contribution in [2.75, 3.05) is 0 Å². The van der Waals surface area contributed by atoms with Crippen molar-refractivity contribution in [3.05, 3.63) is 59.9 Å². The molecule has 0 amide bonds. The van der Waals surface area contributed by atoms with Crippen molar-refractivity contribution in [2.24, 2.45) is 0 Å². The van der Waals surface area contributed by atoms with Crippen molar-refractivity contribution in [3.8, 4) is 17.5 Å². The van der Waals surface area contributed by atoms with Gasteiger partial charge in [0.05, 0.1) is 17.0 Å². The van der Waals surface area contributed by atoms with Crippen LogP contribution < -0.4 is 4.72 Å². The van der Waals surface area contributed by atoms with Gasteiger partial charge in [-0.2, -0.15) is 5.26 Å². The van der Waals surface area contributed by atoms with Crippen molar-refractivity contribution in [3.63, 3.8) is 0 Å². The number of aromatic nitrogens is 3. The van der Waals surface area contributed by atoms with E-state index in [9.17, 15) is 13.7 Å². The Labute approximate surface area is 174 Å². The van der Waals surface area contributed by atoms with E-state index in [0.717, 1.165) is 29.5 Å². The summed E-state index contributed by atoms with van der Waals surface area (Å²) < 4.78 is 29.9. The first kappa shape index (κ1) is 18.7. The number of nitriles is 1. The number of nitrogens with one attached hydrogen (secondary N) is 1. The Balaban J connectivity index is 1.65. The molecular weight excluding hydrogens is 398 g/mol. The van der Waals surface area contributed by atoms with E-state index in [1.54, 1.807) is 12.3 Å². The minimum atomic E-state index is -3.64. The number of nitrogens with zero attached hydrogens (tertiary/aromatic N) is 4. The third kappa shape index (κ3) is 2.95. The van der Waals surface area contributed by atoms with Gasteiger partial charge in [0.15, 0.2) is 0 Å². The molecule has 8 heteroatoms. The number of hydrogen-bond acceptors (Lipinski definition) is 5. The summed E-state index contributed by atoms with van der Waals surface area (Å²) in [5.74, 6) is 0. The molecule has 0 bridgehead atoms. The topological polar surface area (TPSA) is 101 Å². The van der Waals surface area contributed by atoms with E-state index < -0.39 is 10.0 Å². The molecule has 1 N–H and O–H groups in total. The van der Waals surface area contributed by atoms with Gasteiger partial charge in [-0.15, -0.1) is 0 Å². The Morgan fingerprint density at radius 2 is 2.00 bits per heavy atom. The SMILES string of the molecule is Cc1cnc2c(c1)c(C#N)c(-c1ccc(S(=O)(=O)NC3(C)CC3)cn1)n2C1=CC=C1. The molecule has 30 heavy (non-hydrogen) atoms. The molecule has 0 atom stereocenters. The summed E-state index contributed by atoms with van der Waals surface area (Å²) in [5.41, 5.74) is 3.75. The maximum absolute atomic E-state index is 12.6. The molecule has 0 aromatic carbocycles. The van der Waals surface area contributed by atoms with Gasteiger partial charge in [0.2, 0.25) is 10.0 Å². The normalized spacial score (nSPS) is 16.8. The van der Waals surface area contributed by atoms with Crippen LogP contribution in [0.2, 0.25) is 0 Å². The predicted molar refractivity (Wildman–Crippen MR) is 114 cm³/mol. The number of pyridine rings is 2. The maximum atomic E-state index is 12.6. The smallest absolute Gasteiger partial charge is 0.242 e. The lowest BCUT2D eigenvalue weighted by atomic mass is 10.1. The lowest BCUT2D eigenvalue weighted by Crippen LogP contribution is -2.34. The fourth-order valence-corrected chi connectivity index (χ4v) is 4.97. The Kier molecular flexibility index (Phi) is 3.97. The average Bonchev–Trinajstić information content (AvgIpc) is 3.30. The van der Waals surface area contributed by atoms with E-state index in [4.69, 9.17) is 0 Å². The standard InChI is InChI=1S/C22H19N5O2S/c1-14-10-17-18(11-23)20(27(15-4-3-5-15)21(17)25-12-14)19-7-6-16(13-24-19)30(28,29)26-22(2)8-9-22/h3-7,10,12-13,26H,8-9H2,1-2H3.